The monoisotopic (exact) mass is 381 g/mol. The highest BCUT2D eigenvalue weighted by atomic mass is 127. The summed E-state index contributed by atoms with van der Waals surface area (Å²) in [4.78, 5) is 11.0. The number of hydrogen-bond acceptors (Lipinski definition) is 2. The number of nitrogens with one attached hydrogen (secondary N) is 1. The summed E-state index contributed by atoms with van der Waals surface area (Å²) in [6.45, 7) is 3.23. The van der Waals surface area contributed by atoms with Crippen molar-refractivity contribution in [3.63, 3.8) is 0 Å². The van der Waals surface area contributed by atoms with Gasteiger partial charge in [-0.1, -0.05) is 24.3 Å². The average Bonchev–Trinajstić information content (AvgIpc) is 2.39. The Hall–Kier alpha value is -1.40. The van der Waals surface area contributed by atoms with Crippen molar-refractivity contribution in [1.29, 1.82) is 0 Å². The van der Waals surface area contributed by atoms with Crippen molar-refractivity contribution in [1.82, 2.24) is 0 Å². The van der Waals surface area contributed by atoms with E-state index in [-0.39, 0.29) is 5.91 Å². The van der Waals surface area contributed by atoms with Crippen molar-refractivity contribution in [3.05, 3.63) is 63.2 Å². The highest BCUT2D eigenvalue weighted by molar-refractivity contribution is 14.1. The Labute approximate surface area is 132 Å². The van der Waals surface area contributed by atoms with Crippen LogP contribution in [-0.4, -0.2) is 11.0 Å². The second-order valence-electron chi connectivity index (χ2n) is 4.84. The first kappa shape index (κ1) is 15.0. The van der Waals surface area contributed by atoms with Crippen LogP contribution >= 0.6 is 22.6 Å². The summed E-state index contributed by atoms with van der Waals surface area (Å²) in [6, 6.07) is 15.0. The fourth-order valence-corrected chi connectivity index (χ4v) is 2.38. The molecule has 0 saturated heterocycles. The molecule has 1 amide bonds. The van der Waals surface area contributed by atoms with Crippen LogP contribution in [0.1, 0.15) is 25.0 Å². The van der Waals surface area contributed by atoms with Crippen molar-refractivity contribution in [2.45, 2.75) is 19.4 Å². The lowest BCUT2D eigenvalue weighted by Gasteiger charge is -2.25. The smallest absolute Gasteiger partial charge is 0.221 e. The van der Waals surface area contributed by atoms with Gasteiger partial charge < -0.3 is 10.4 Å². The molecular formula is C16H16INO2. The number of amides is 1. The van der Waals surface area contributed by atoms with E-state index < -0.39 is 5.60 Å². The third kappa shape index (κ3) is 3.37. The molecule has 0 aromatic heterocycles. The third-order valence-corrected chi connectivity index (χ3v) is 3.89. The minimum absolute atomic E-state index is 0.109. The number of carbonyl (C=O) groups excluding carboxylic acids is 1. The van der Waals surface area contributed by atoms with Crippen molar-refractivity contribution < 1.29 is 9.90 Å². The Morgan fingerprint density at radius 1 is 1.05 bits per heavy atom. The predicted octanol–water partition coefficient (Wildman–Crippen LogP) is 3.51. The molecule has 2 aromatic carbocycles. The summed E-state index contributed by atoms with van der Waals surface area (Å²) < 4.78 is 1.13. The zero-order chi connectivity index (χ0) is 14.8. The van der Waals surface area contributed by atoms with Crippen LogP contribution in [0.2, 0.25) is 0 Å². The number of rotatable bonds is 3. The van der Waals surface area contributed by atoms with Gasteiger partial charge in [-0.3, -0.25) is 4.79 Å². The molecule has 0 aliphatic rings. The predicted molar refractivity (Wildman–Crippen MR) is 88.6 cm³/mol. The summed E-state index contributed by atoms with van der Waals surface area (Å²) >= 11 is 2.23. The minimum atomic E-state index is -1.06. The first-order valence-electron chi connectivity index (χ1n) is 6.26. The summed E-state index contributed by atoms with van der Waals surface area (Å²) in [5.41, 5.74) is 1.29. The van der Waals surface area contributed by atoms with Crippen LogP contribution in [0.5, 0.6) is 0 Å². The quantitative estimate of drug-likeness (QED) is 0.800. The summed E-state index contributed by atoms with van der Waals surface area (Å²) in [5, 5.41) is 13.4. The lowest BCUT2D eigenvalue weighted by molar-refractivity contribution is -0.114. The van der Waals surface area contributed by atoms with Crippen LogP contribution in [0.4, 0.5) is 5.69 Å². The molecule has 2 aromatic rings. The molecular weight excluding hydrogens is 365 g/mol. The van der Waals surface area contributed by atoms with E-state index in [0.29, 0.717) is 0 Å². The molecule has 4 heteroatoms. The van der Waals surface area contributed by atoms with Crippen molar-refractivity contribution in [2.75, 3.05) is 5.32 Å². The van der Waals surface area contributed by atoms with Gasteiger partial charge in [-0.15, -0.1) is 0 Å². The third-order valence-electron chi connectivity index (χ3n) is 3.17. The van der Waals surface area contributed by atoms with Gasteiger partial charge in [-0.25, -0.2) is 0 Å². The second-order valence-corrected chi connectivity index (χ2v) is 6.08. The van der Waals surface area contributed by atoms with E-state index in [1.807, 2.05) is 36.4 Å². The first-order chi connectivity index (χ1) is 9.39. The molecule has 2 rings (SSSR count). The van der Waals surface area contributed by atoms with Crippen LogP contribution in [0.25, 0.3) is 0 Å². The van der Waals surface area contributed by atoms with Crippen LogP contribution < -0.4 is 5.32 Å². The summed E-state index contributed by atoms with van der Waals surface area (Å²) in [7, 11) is 0. The topological polar surface area (TPSA) is 49.3 Å². The molecule has 3 nitrogen and oxygen atoms in total. The maximum Gasteiger partial charge on any atom is 0.221 e. The van der Waals surface area contributed by atoms with Gasteiger partial charge >= 0.3 is 0 Å². The molecule has 0 saturated carbocycles. The molecule has 0 heterocycles. The molecule has 1 atom stereocenters. The zero-order valence-corrected chi connectivity index (χ0v) is 13.5. The maximum absolute atomic E-state index is 11.0. The zero-order valence-electron chi connectivity index (χ0n) is 11.4. The van der Waals surface area contributed by atoms with Gasteiger partial charge in [0.1, 0.15) is 5.60 Å². The lowest BCUT2D eigenvalue weighted by atomic mass is 9.88. The van der Waals surface area contributed by atoms with Crippen LogP contribution in [-0.2, 0) is 10.4 Å². The minimum Gasteiger partial charge on any atom is -0.381 e. The Morgan fingerprint density at radius 3 is 1.95 bits per heavy atom. The van der Waals surface area contributed by atoms with Gasteiger partial charge in [0.05, 0.1) is 0 Å². The Bertz CT molecular complexity index is 603. The molecule has 20 heavy (non-hydrogen) atoms. The van der Waals surface area contributed by atoms with E-state index in [9.17, 15) is 9.90 Å². The standard InChI is InChI=1S/C16H16INO2/c1-11(19)18-15-9-5-13(6-10-15)16(2,20)12-3-7-14(17)8-4-12/h3-10,20H,1-2H3,(H,18,19)/t16-/m1/s1. The number of aliphatic hydroxyl groups is 1. The highest BCUT2D eigenvalue weighted by Crippen LogP contribution is 2.30. The van der Waals surface area contributed by atoms with E-state index in [2.05, 4.69) is 27.9 Å². The SMILES string of the molecule is CC(=O)Nc1ccc([C@](C)(O)c2ccc(I)cc2)cc1. The van der Waals surface area contributed by atoms with Crippen molar-refractivity contribution in [3.8, 4) is 0 Å². The van der Waals surface area contributed by atoms with Gasteiger partial charge in [-0.05, 0) is 64.9 Å². The van der Waals surface area contributed by atoms with E-state index in [0.717, 1.165) is 20.4 Å². The van der Waals surface area contributed by atoms with Crippen molar-refractivity contribution in [2.24, 2.45) is 0 Å². The van der Waals surface area contributed by atoms with Crippen molar-refractivity contribution >= 4 is 34.2 Å². The van der Waals surface area contributed by atoms with Gasteiger partial charge in [0, 0.05) is 16.2 Å². The largest absolute Gasteiger partial charge is 0.381 e. The van der Waals surface area contributed by atoms with Crippen LogP contribution in [0, 0.1) is 3.57 Å². The maximum atomic E-state index is 11.0. The van der Waals surface area contributed by atoms with E-state index in [1.165, 1.54) is 6.92 Å². The fraction of sp³-hybridized carbons (Fsp3) is 0.188. The van der Waals surface area contributed by atoms with Gasteiger partial charge in [0.15, 0.2) is 0 Å². The number of benzene rings is 2. The van der Waals surface area contributed by atoms with E-state index in [1.54, 1.807) is 19.1 Å². The highest BCUT2D eigenvalue weighted by Gasteiger charge is 2.25. The molecule has 0 spiro atoms. The summed E-state index contributed by atoms with van der Waals surface area (Å²) in [6.07, 6.45) is 0. The van der Waals surface area contributed by atoms with Crippen LogP contribution in [0.15, 0.2) is 48.5 Å². The Kier molecular flexibility index (Phi) is 4.45. The lowest BCUT2D eigenvalue weighted by Crippen LogP contribution is -2.22. The number of halogens is 1. The number of hydrogen-bond donors (Lipinski definition) is 2. The molecule has 104 valence electrons. The average molecular weight is 381 g/mol. The fourth-order valence-electron chi connectivity index (χ4n) is 2.02. The van der Waals surface area contributed by atoms with Gasteiger partial charge in [0.25, 0.3) is 0 Å². The Morgan fingerprint density at radius 2 is 1.50 bits per heavy atom. The van der Waals surface area contributed by atoms with E-state index in [4.69, 9.17) is 0 Å². The van der Waals surface area contributed by atoms with Gasteiger partial charge in [-0.2, -0.15) is 0 Å². The van der Waals surface area contributed by atoms with E-state index >= 15 is 0 Å². The molecule has 0 aliphatic carbocycles. The molecule has 0 aliphatic heterocycles. The Balaban J connectivity index is 2.29. The molecule has 0 radical (unpaired) electrons. The first-order valence-corrected chi connectivity index (χ1v) is 7.34. The normalized spacial score (nSPS) is 13.6. The molecule has 2 N–H and O–H groups in total. The van der Waals surface area contributed by atoms with Gasteiger partial charge in [0.2, 0.25) is 5.91 Å². The second kappa shape index (κ2) is 5.93. The molecule has 0 bridgehead atoms. The van der Waals surface area contributed by atoms with Crippen LogP contribution in [0.3, 0.4) is 0 Å². The number of anilines is 1. The number of carbonyl (C=O) groups is 1. The summed E-state index contributed by atoms with van der Waals surface area (Å²) in [5.74, 6) is -0.109. The molecule has 0 unspecified atom stereocenters. The molecule has 0 fully saturated rings.